The molecule has 6 nitrogen and oxygen atoms in total. The highest BCUT2D eigenvalue weighted by atomic mass is 32.1. The van der Waals surface area contributed by atoms with Gasteiger partial charge in [-0.3, -0.25) is 4.90 Å². The molecule has 136 valence electrons. The molecule has 1 aliphatic heterocycles. The maximum absolute atomic E-state index is 5.53. The number of morpholine rings is 1. The zero-order valence-corrected chi connectivity index (χ0v) is 15.5. The van der Waals surface area contributed by atoms with Gasteiger partial charge in [-0.1, -0.05) is 12.1 Å². The Morgan fingerprint density at radius 3 is 2.77 bits per heavy atom. The Bertz CT molecular complexity index is 846. The van der Waals surface area contributed by atoms with Crippen molar-refractivity contribution in [3.63, 3.8) is 0 Å². The monoisotopic (exact) mass is 370 g/mol. The van der Waals surface area contributed by atoms with Crippen LogP contribution in [0, 0.1) is 0 Å². The van der Waals surface area contributed by atoms with E-state index >= 15 is 0 Å². The zero-order valence-electron chi connectivity index (χ0n) is 14.7. The highest BCUT2D eigenvalue weighted by Gasteiger charge is 2.23. The SMILES string of the molecule is COc1ccc([C@@H](CNc2ncnc3ccsc23)N2CCOCC2)cc1. The molecule has 2 aromatic heterocycles. The van der Waals surface area contributed by atoms with Crippen LogP contribution in [0.3, 0.4) is 0 Å². The molecule has 0 unspecified atom stereocenters. The highest BCUT2D eigenvalue weighted by Crippen LogP contribution is 2.28. The lowest BCUT2D eigenvalue weighted by Gasteiger charge is -2.35. The van der Waals surface area contributed by atoms with E-state index in [2.05, 4.69) is 32.3 Å². The van der Waals surface area contributed by atoms with E-state index in [0.717, 1.165) is 54.6 Å². The molecule has 0 saturated carbocycles. The predicted molar refractivity (Wildman–Crippen MR) is 104 cm³/mol. The number of methoxy groups -OCH3 is 1. The van der Waals surface area contributed by atoms with E-state index in [-0.39, 0.29) is 6.04 Å². The van der Waals surface area contributed by atoms with Gasteiger partial charge < -0.3 is 14.8 Å². The number of hydrogen-bond acceptors (Lipinski definition) is 7. The molecule has 3 aromatic rings. The molecule has 1 aliphatic rings. The molecule has 26 heavy (non-hydrogen) atoms. The van der Waals surface area contributed by atoms with E-state index in [1.807, 2.05) is 23.6 Å². The number of benzene rings is 1. The smallest absolute Gasteiger partial charge is 0.147 e. The van der Waals surface area contributed by atoms with Gasteiger partial charge in [0, 0.05) is 19.6 Å². The first-order valence-electron chi connectivity index (χ1n) is 8.73. The molecular weight excluding hydrogens is 348 g/mol. The summed E-state index contributed by atoms with van der Waals surface area (Å²) in [6, 6.07) is 10.6. The number of anilines is 1. The van der Waals surface area contributed by atoms with Crippen molar-refractivity contribution < 1.29 is 9.47 Å². The first-order valence-corrected chi connectivity index (χ1v) is 9.61. The lowest BCUT2D eigenvalue weighted by molar-refractivity contribution is 0.0187. The number of nitrogens with one attached hydrogen (secondary N) is 1. The molecule has 1 atom stereocenters. The fraction of sp³-hybridized carbons (Fsp3) is 0.368. The van der Waals surface area contributed by atoms with Crippen molar-refractivity contribution in [3.05, 3.63) is 47.6 Å². The summed E-state index contributed by atoms with van der Waals surface area (Å²) in [4.78, 5) is 11.2. The number of rotatable bonds is 6. The molecule has 1 aromatic carbocycles. The first kappa shape index (κ1) is 17.2. The quantitative estimate of drug-likeness (QED) is 0.719. The average Bonchev–Trinajstić information content (AvgIpc) is 3.19. The normalized spacial score (nSPS) is 16.5. The van der Waals surface area contributed by atoms with Gasteiger partial charge in [0.2, 0.25) is 0 Å². The van der Waals surface area contributed by atoms with Gasteiger partial charge in [0.05, 0.1) is 36.6 Å². The summed E-state index contributed by atoms with van der Waals surface area (Å²) in [5, 5.41) is 5.59. The second kappa shape index (κ2) is 7.99. The van der Waals surface area contributed by atoms with Gasteiger partial charge in [0.1, 0.15) is 17.9 Å². The molecule has 0 bridgehead atoms. The van der Waals surface area contributed by atoms with E-state index in [1.165, 1.54) is 5.56 Å². The molecule has 3 heterocycles. The maximum atomic E-state index is 5.53. The number of hydrogen-bond donors (Lipinski definition) is 1. The van der Waals surface area contributed by atoms with E-state index in [0.29, 0.717) is 0 Å². The second-order valence-corrected chi connectivity index (χ2v) is 7.09. The van der Waals surface area contributed by atoms with E-state index in [4.69, 9.17) is 9.47 Å². The van der Waals surface area contributed by atoms with Crippen LogP contribution in [0.1, 0.15) is 11.6 Å². The van der Waals surface area contributed by atoms with E-state index in [1.54, 1.807) is 24.8 Å². The number of aromatic nitrogens is 2. The van der Waals surface area contributed by atoms with Gasteiger partial charge in [-0.05, 0) is 29.1 Å². The number of fused-ring (bicyclic) bond motifs is 1. The summed E-state index contributed by atoms with van der Waals surface area (Å²) in [6.07, 6.45) is 1.62. The Kier molecular flexibility index (Phi) is 5.29. The van der Waals surface area contributed by atoms with Crippen LogP contribution in [0.4, 0.5) is 5.82 Å². The van der Waals surface area contributed by atoms with Crippen molar-refractivity contribution in [1.29, 1.82) is 0 Å². The minimum atomic E-state index is 0.245. The van der Waals surface area contributed by atoms with E-state index < -0.39 is 0 Å². The molecule has 7 heteroatoms. The van der Waals surface area contributed by atoms with Gasteiger partial charge >= 0.3 is 0 Å². The molecule has 0 radical (unpaired) electrons. The lowest BCUT2D eigenvalue weighted by atomic mass is 10.0. The third kappa shape index (κ3) is 3.65. The number of nitrogens with zero attached hydrogens (tertiary/aromatic N) is 3. The summed E-state index contributed by atoms with van der Waals surface area (Å²) in [6.45, 7) is 4.17. The molecule has 0 aliphatic carbocycles. The predicted octanol–water partition coefficient (Wildman–Crippen LogP) is 3.19. The zero-order chi connectivity index (χ0) is 17.8. The van der Waals surface area contributed by atoms with Crippen molar-refractivity contribution in [2.75, 3.05) is 45.3 Å². The van der Waals surface area contributed by atoms with Crippen LogP contribution in [0.15, 0.2) is 42.0 Å². The van der Waals surface area contributed by atoms with Crippen LogP contribution < -0.4 is 10.1 Å². The van der Waals surface area contributed by atoms with Gasteiger partial charge in [-0.25, -0.2) is 9.97 Å². The minimum absolute atomic E-state index is 0.245. The van der Waals surface area contributed by atoms with Gasteiger partial charge in [0.15, 0.2) is 0 Å². The highest BCUT2D eigenvalue weighted by molar-refractivity contribution is 7.17. The van der Waals surface area contributed by atoms with Gasteiger partial charge in [0.25, 0.3) is 0 Å². The van der Waals surface area contributed by atoms with Crippen LogP contribution in [0.5, 0.6) is 5.75 Å². The van der Waals surface area contributed by atoms with Gasteiger partial charge in [-0.15, -0.1) is 11.3 Å². The maximum Gasteiger partial charge on any atom is 0.147 e. The molecule has 1 fully saturated rings. The summed E-state index contributed by atoms with van der Waals surface area (Å²) in [5.41, 5.74) is 2.25. The van der Waals surface area contributed by atoms with Crippen LogP contribution in [0.25, 0.3) is 10.2 Å². The van der Waals surface area contributed by atoms with Gasteiger partial charge in [-0.2, -0.15) is 0 Å². The summed E-state index contributed by atoms with van der Waals surface area (Å²) >= 11 is 1.66. The first-order chi connectivity index (χ1) is 12.8. The molecule has 0 spiro atoms. The Morgan fingerprint density at radius 2 is 2.00 bits per heavy atom. The summed E-state index contributed by atoms with van der Waals surface area (Å²) in [7, 11) is 1.69. The molecule has 1 saturated heterocycles. The van der Waals surface area contributed by atoms with Crippen molar-refractivity contribution in [2.45, 2.75) is 6.04 Å². The third-order valence-electron chi connectivity index (χ3n) is 4.69. The summed E-state index contributed by atoms with van der Waals surface area (Å²) < 4.78 is 11.9. The van der Waals surface area contributed by atoms with Crippen molar-refractivity contribution >= 4 is 27.4 Å². The molecular formula is C19H22N4O2S. The van der Waals surface area contributed by atoms with Crippen LogP contribution in [-0.4, -0.2) is 54.8 Å². The largest absolute Gasteiger partial charge is 0.497 e. The number of thiophene rings is 1. The Balaban J connectivity index is 1.56. The standard InChI is InChI=1S/C19H22N4O2S/c1-24-15-4-2-14(3-5-15)17(23-7-9-25-10-8-23)12-20-19-18-16(6-11-26-18)21-13-22-19/h2-6,11,13,17H,7-10,12H2,1H3,(H,20,21,22)/t17-/m1/s1. The molecule has 0 amide bonds. The second-order valence-electron chi connectivity index (χ2n) is 6.18. The van der Waals surface area contributed by atoms with Crippen LogP contribution >= 0.6 is 11.3 Å². The van der Waals surface area contributed by atoms with Crippen LogP contribution in [-0.2, 0) is 4.74 Å². The lowest BCUT2D eigenvalue weighted by Crippen LogP contribution is -2.41. The Hall–Kier alpha value is -2.22. The number of ether oxygens (including phenoxy) is 2. The molecule has 1 N–H and O–H groups in total. The fourth-order valence-electron chi connectivity index (χ4n) is 3.28. The third-order valence-corrected chi connectivity index (χ3v) is 5.60. The molecule has 4 rings (SSSR count). The van der Waals surface area contributed by atoms with Crippen LogP contribution in [0.2, 0.25) is 0 Å². The van der Waals surface area contributed by atoms with Crippen molar-refractivity contribution in [3.8, 4) is 5.75 Å². The fourth-order valence-corrected chi connectivity index (χ4v) is 4.09. The van der Waals surface area contributed by atoms with E-state index in [9.17, 15) is 0 Å². The van der Waals surface area contributed by atoms with Crippen molar-refractivity contribution in [2.24, 2.45) is 0 Å². The Labute approximate surface area is 156 Å². The summed E-state index contributed by atoms with van der Waals surface area (Å²) in [5.74, 6) is 1.77. The average molecular weight is 370 g/mol. The van der Waals surface area contributed by atoms with Crippen molar-refractivity contribution in [1.82, 2.24) is 14.9 Å². The Morgan fingerprint density at radius 1 is 1.19 bits per heavy atom. The topological polar surface area (TPSA) is 59.5 Å². The minimum Gasteiger partial charge on any atom is -0.497 e.